The lowest BCUT2D eigenvalue weighted by Gasteiger charge is -2.18. The highest BCUT2D eigenvalue weighted by molar-refractivity contribution is 7.92. The van der Waals surface area contributed by atoms with Crippen LogP contribution in [-0.4, -0.2) is 32.8 Å². The van der Waals surface area contributed by atoms with E-state index in [9.17, 15) is 13.2 Å². The van der Waals surface area contributed by atoms with Gasteiger partial charge in [-0.05, 0) is 49.1 Å². The quantitative estimate of drug-likeness (QED) is 0.736. The monoisotopic (exact) mass is 388 g/mol. The predicted molar refractivity (Wildman–Crippen MR) is 110 cm³/mol. The molecule has 0 atom stereocenters. The first-order chi connectivity index (χ1) is 12.8. The maximum atomic E-state index is 12.9. The van der Waals surface area contributed by atoms with E-state index < -0.39 is 10.0 Å². The number of amides is 1. The highest BCUT2D eigenvalue weighted by Gasteiger charge is 2.19. The lowest BCUT2D eigenvalue weighted by atomic mass is 10.1. The maximum absolute atomic E-state index is 12.9. The Balaban J connectivity index is 2.31. The number of nitrogens with zero attached hydrogens (tertiary/aromatic N) is 1. The zero-order valence-electron chi connectivity index (χ0n) is 16.5. The van der Waals surface area contributed by atoms with E-state index in [1.54, 1.807) is 24.1 Å². The van der Waals surface area contributed by atoms with E-state index in [4.69, 9.17) is 0 Å². The third-order valence-corrected chi connectivity index (χ3v) is 5.91. The van der Waals surface area contributed by atoms with Gasteiger partial charge >= 0.3 is 0 Å². The standard InChI is InChI=1S/C21H28N2O3S/c1-5-7-14-23(4)21(24)18-12-9-13-19(15-18)27(25,26)22-20-16(3)10-8-11-17(20)6-2/h8-13,15,22H,5-7,14H2,1-4H3. The van der Waals surface area contributed by atoms with Crippen molar-refractivity contribution in [3.05, 3.63) is 59.2 Å². The van der Waals surface area contributed by atoms with Gasteiger partial charge in [-0.3, -0.25) is 9.52 Å². The van der Waals surface area contributed by atoms with E-state index in [1.165, 1.54) is 12.1 Å². The molecule has 0 saturated carbocycles. The van der Waals surface area contributed by atoms with E-state index in [0.29, 0.717) is 17.8 Å². The smallest absolute Gasteiger partial charge is 0.261 e. The van der Waals surface area contributed by atoms with Crippen molar-refractivity contribution in [3.8, 4) is 0 Å². The molecule has 0 aliphatic heterocycles. The van der Waals surface area contributed by atoms with E-state index in [-0.39, 0.29) is 10.8 Å². The molecule has 0 spiro atoms. The zero-order chi connectivity index (χ0) is 20.0. The van der Waals surface area contributed by atoms with Crippen LogP contribution in [0, 0.1) is 6.92 Å². The number of hydrogen-bond acceptors (Lipinski definition) is 3. The molecule has 0 unspecified atom stereocenters. The number of anilines is 1. The Morgan fingerprint density at radius 2 is 1.81 bits per heavy atom. The van der Waals surface area contributed by atoms with Crippen LogP contribution in [0.3, 0.4) is 0 Å². The van der Waals surface area contributed by atoms with Gasteiger partial charge in [0.05, 0.1) is 10.6 Å². The van der Waals surface area contributed by atoms with Crippen LogP contribution in [0.5, 0.6) is 0 Å². The maximum Gasteiger partial charge on any atom is 0.261 e. The Morgan fingerprint density at radius 3 is 2.48 bits per heavy atom. The average molecular weight is 389 g/mol. The molecule has 0 aromatic heterocycles. The second kappa shape index (κ2) is 9.04. The first kappa shape index (κ1) is 21.0. The Hall–Kier alpha value is -2.34. The van der Waals surface area contributed by atoms with Gasteiger partial charge in [-0.25, -0.2) is 8.42 Å². The minimum Gasteiger partial charge on any atom is -0.342 e. The Morgan fingerprint density at radius 1 is 1.11 bits per heavy atom. The third kappa shape index (κ3) is 5.10. The van der Waals surface area contributed by atoms with E-state index in [0.717, 1.165) is 30.4 Å². The van der Waals surface area contributed by atoms with Crippen LogP contribution in [0.2, 0.25) is 0 Å². The summed E-state index contributed by atoms with van der Waals surface area (Å²) in [5, 5.41) is 0. The molecule has 0 aliphatic rings. The molecule has 6 heteroatoms. The molecule has 5 nitrogen and oxygen atoms in total. The van der Waals surface area contributed by atoms with Crippen molar-refractivity contribution in [1.82, 2.24) is 4.90 Å². The normalized spacial score (nSPS) is 11.3. The minimum atomic E-state index is -3.79. The van der Waals surface area contributed by atoms with Crippen molar-refractivity contribution in [1.29, 1.82) is 0 Å². The summed E-state index contributed by atoms with van der Waals surface area (Å²) < 4.78 is 28.5. The van der Waals surface area contributed by atoms with Crippen LogP contribution in [0.15, 0.2) is 47.4 Å². The number of carbonyl (C=O) groups is 1. The van der Waals surface area contributed by atoms with Gasteiger partial charge in [-0.2, -0.15) is 0 Å². The van der Waals surface area contributed by atoms with Gasteiger partial charge in [0.25, 0.3) is 15.9 Å². The van der Waals surface area contributed by atoms with Gasteiger partial charge in [0.2, 0.25) is 0 Å². The highest BCUT2D eigenvalue weighted by Crippen LogP contribution is 2.25. The molecule has 0 saturated heterocycles. The summed E-state index contributed by atoms with van der Waals surface area (Å²) in [6.45, 7) is 6.57. The number of hydrogen-bond donors (Lipinski definition) is 1. The van der Waals surface area contributed by atoms with Crippen LogP contribution < -0.4 is 4.72 Å². The second-order valence-corrected chi connectivity index (χ2v) is 8.36. The molecule has 146 valence electrons. The van der Waals surface area contributed by atoms with Crippen molar-refractivity contribution < 1.29 is 13.2 Å². The summed E-state index contributed by atoms with van der Waals surface area (Å²) in [5.41, 5.74) is 2.78. The topological polar surface area (TPSA) is 66.5 Å². The number of sulfonamides is 1. The van der Waals surface area contributed by atoms with E-state index in [2.05, 4.69) is 11.6 Å². The summed E-state index contributed by atoms with van der Waals surface area (Å²) in [4.78, 5) is 14.3. The summed E-state index contributed by atoms with van der Waals surface area (Å²) in [7, 11) is -2.05. The largest absolute Gasteiger partial charge is 0.342 e. The third-order valence-electron chi connectivity index (χ3n) is 4.56. The van der Waals surface area contributed by atoms with Gasteiger partial charge in [0, 0.05) is 19.2 Å². The van der Waals surface area contributed by atoms with Crippen LogP contribution in [0.25, 0.3) is 0 Å². The molecule has 2 aromatic rings. The molecular weight excluding hydrogens is 360 g/mol. The van der Waals surface area contributed by atoms with Crippen LogP contribution in [0.1, 0.15) is 48.2 Å². The predicted octanol–water partition coefficient (Wildman–Crippen LogP) is 4.23. The first-order valence-electron chi connectivity index (χ1n) is 9.27. The van der Waals surface area contributed by atoms with Gasteiger partial charge in [0.1, 0.15) is 0 Å². The van der Waals surface area contributed by atoms with Crippen molar-refractivity contribution in [2.45, 2.75) is 44.9 Å². The molecule has 0 bridgehead atoms. The van der Waals surface area contributed by atoms with E-state index in [1.807, 2.05) is 32.0 Å². The lowest BCUT2D eigenvalue weighted by molar-refractivity contribution is 0.0793. The average Bonchev–Trinajstić information content (AvgIpc) is 2.67. The van der Waals surface area contributed by atoms with Crippen LogP contribution in [0.4, 0.5) is 5.69 Å². The molecule has 1 amide bonds. The molecule has 0 radical (unpaired) electrons. The Kier molecular flexibility index (Phi) is 7.02. The summed E-state index contributed by atoms with van der Waals surface area (Å²) in [5.74, 6) is -0.175. The summed E-state index contributed by atoms with van der Waals surface area (Å²) >= 11 is 0. The molecule has 0 fully saturated rings. The van der Waals surface area contributed by atoms with Gasteiger partial charge in [-0.15, -0.1) is 0 Å². The van der Waals surface area contributed by atoms with Gasteiger partial charge in [-0.1, -0.05) is 44.5 Å². The lowest BCUT2D eigenvalue weighted by Crippen LogP contribution is -2.28. The molecular formula is C21H28N2O3S. The SMILES string of the molecule is CCCCN(C)C(=O)c1cccc(S(=O)(=O)Nc2c(C)cccc2CC)c1. The number of para-hydroxylation sites is 1. The molecule has 2 rings (SSSR count). The fourth-order valence-corrected chi connectivity index (χ4v) is 4.09. The second-order valence-electron chi connectivity index (χ2n) is 6.68. The fraction of sp³-hybridized carbons (Fsp3) is 0.381. The molecule has 2 aromatic carbocycles. The highest BCUT2D eigenvalue weighted by atomic mass is 32.2. The number of benzene rings is 2. The van der Waals surface area contributed by atoms with Crippen molar-refractivity contribution >= 4 is 21.6 Å². The molecule has 0 heterocycles. The number of rotatable bonds is 8. The molecule has 1 N–H and O–H groups in total. The summed E-state index contributed by atoms with van der Waals surface area (Å²) in [6.07, 6.45) is 2.63. The summed E-state index contributed by atoms with van der Waals surface area (Å²) in [6, 6.07) is 11.9. The molecule has 0 aliphatic carbocycles. The van der Waals surface area contributed by atoms with Crippen LogP contribution >= 0.6 is 0 Å². The number of aryl methyl sites for hydroxylation is 2. The number of unbranched alkanes of at least 4 members (excludes halogenated alkanes) is 1. The van der Waals surface area contributed by atoms with Gasteiger partial charge < -0.3 is 4.90 Å². The zero-order valence-corrected chi connectivity index (χ0v) is 17.3. The molecule has 27 heavy (non-hydrogen) atoms. The first-order valence-corrected chi connectivity index (χ1v) is 10.7. The Bertz CT molecular complexity index is 907. The minimum absolute atomic E-state index is 0.0857. The van der Waals surface area contributed by atoms with Crippen molar-refractivity contribution in [2.24, 2.45) is 0 Å². The van der Waals surface area contributed by atoms with E-state index >= 15 is 0 Å². The van der Waals surface area contributed by atoms with Gasteiger partial charge in [0.15, 0.2) is 0 Å². The number of carbonyl (C=O) groups excluding carboxylic acids is 1. The Labute approximate surface area is 162 Å². The van der Waals surface area contributed by atoms with Crippen molar-refractivity contribution in [3.63, 3.8) is 0 Å². The van der Waals surface area contributed by atoms with Crippen LogP contribution in [-0.2, 0) is 16.4 Å². The van der Waals surface area contributed by atoms with Crippen molar-refractivity contribution in [2.75, 3.05) is 18.3 Å². The fourth-order valence-electron chi connectivity index (χ4n) is 2.88. The number of nitrogens with one attached hydrogen (secondary N) is 1.